The van der Waals surface area contributed by atoms with E-state index in [1.165, 1.54) is 11.3 Å². The number of carbonyl (C=O) groups is 1. The Morgan fingerprint density at radius 1 is 1.50 bits per heavy atom. The fourth-order valence-electron chi connectivity index (χ4n) is 2.62. The Hall–Kier alpha value is -1.79. The monoisotopic (exact) mass is 319 g/mol. The van der Waals surface area contributed by atoms with Crippen molar-refractivity contribution >= 4 is 22.9 Å². The van der Waals surface area contributed by atoms with Crippen LogP contribution in [0.25, 0.3) is 0 Å². The lowest BCUT2D eigenvalue weighted by Crippen LogP contribution is -2.25. The van der Waals surface area contributed by atoms with Gasteiger partial charge in [0.25, 0.3) is 5.91 Å². The quantitative estimate of drug-likeness (QED) is 0.914. The molecule has 1 aliphatic heterocycles. The molecule has 0 fully saturated rings. The molecule has 0 aliphatic carbocycles. The lowest BCUT2D eigenvalue weighted by Gasteiger charge is -2.19. The van der Waals surface area contributed by atoms with Crippen LogP contribution in [0.5, 0.6) is 0 Å². The van der Waals surface area contributed by atoms with E-state index < -0.39 is 0 Å². The highest BCUT2D eigenvalue weighted by Gasteiger charge is 2.20. The van der Waals surface area contributed by atoms with Gasteiger partial charge in [-0.15, -0.1) is 11.3 Å². The van der Waals surface area contributed by atoms with E-state index in [1.807, 2.05) is 13.0 Å². The van der Waals surface area contributed by atoms with Crippen molar-refractivity contribution in [2.45, 2.75) is 33.2 Å². The van der Waals surface area contributed by atoms with Crippen molar-refractivity contribution in [3.05, 3.63) is 44.7 Å². The second kappa shape index (κ2) is 6.14. The van der Waals surface area contributed by atoms with Gasteiger partial charge in [0, 0.05) is 6.54 Å². The standard InChI is InChI=1S/C16H18FN3OS/c1-3-13-19-9(2)15(22-13)16(21)20-12-5-4-10-8-18-7-6-11(10)14(12)17/h4-5,18H,3,6-8H2,1-2H3,(H,20,21). The number of benzene rings is 1. The maximum Gasteiger partial charge on any atom is 0.267 e. The first kappa shape index (κ1) is 15.1. The van der Waals surface area contributed by atoms with E-state index >= 15 is 0 Å². The maximum atomic E-state index is 14.5. The van der Waals surface area contributed by atoms with E-state index in [4.69, 9.17) is 0 Å². The van der Waals surface area contributed by atoms with Crippen LogP contribution in [-0.4, -0.2) is 17.4 Å². The van der Waals surface area contributed by atoms with Gasteiger partial charge in [-0.25, -0.2) is 9.37 Å². The number of halogens is 1. The molecule has 2 heterocycles. The summed E-state index contributed by atoms with van der Waals surface area (Å²) in [5.41, 5.74) is 2.61. The van der Waals surface area contributed by atoms with Crippen LogP contribution in [0, 0.1) is 12.7 Å². The number of rotatable bonds is 3. The van der Waals surface area contributed by atoms with Gasteiger partial charge < -0.3 is 10.6 Å². The molecule has 0 saturated carbocycles. The van der Waals surface area contributed by atoms with Gasteiger partial charge >= 0.3 is 0 Å². The molecular formula is C16H18FN3OS. The molecule has 1 amide bonds. The molecule has 3 rings (SSSR count). The SMILES string of the molecule is CCc1nc(C)c(C(=O)Nc2ccc3c(c2F)CCNC3)s1. The number of aryl methyl sites for hydroxylation is 2. The van der Waals surface area contributed by atoms with Gasteiger partial charge in [-0.2, -0.15) is 0 Å². The fraction of sp³-hybridized carbons (Fsp3) is 0.375. The second-order valence-electron chi connectivity index (χ2n) is 5.32. The van der Waals surface area contributed by atoms with Crippen molar-refractivity contribution in [3.63, 3.8) is 0 Å². The Kier molecular flexibility index (Phi) is 4.22. The van der Waals surface area contributed by atoms with Crippen molar-refractivity contribution in [2.24, 2.45) is 0 Å². The number of hydrogen-bond donors (Lipinski definition) is 2. The molecule has 0 radical (unpaired) electrons. The molecule has 2 N–H and O–H groups in total. The van der Waals surface area contributed by atoms with Gasteiger partial charge in [0.1, 0.15) is 10.7 Å². The molecule has 0 spiro atoms. The molecule has 0 saturated heterocycles. The molecule has 1 aliphatic rings. The summed E-state index contributed by atoms with van der Waals surface area (Å²) in [7, 11) is 0. The van der Waals surface area contributed by atoms with Gasteiger partial charge in [-0.3, -0.25) is 4.79 Å². The zero-order valence-electron chi connectivity index (χ0n) is 12.6. The van der Waals surface area contributed by atoms with E-state index in [0.29, 0.717) is 29.1 Å². The summed E-state index contributed by atoms with van der Waals surface area (Å²) in [6.07, 6.45) is 1.43. The predicted molar refractivity (Wildman–Crippen MR) is 86.0 cm³/mol. The first-order valence-corrected chi connectivity index (χ1v) is 8.20. The van der Waals surface area contributed by atoms with Crippen LogP contribution in [0.2, 0.25) is 0 Å². The van der Waals surface area contributed by atoms with Crippen LogP contribution in [0.3, 0.4) is 0 Å². The molecular weight excluding hydrogens is 301 g/mol. The molecule has 0 bridgehead atoms. The lowest BCUT2D eigenvalue weighted by atomic mass is 9.99. The first-order valence-electron chi connectivity index (χ1n) is 7.38. The zero-order valence-corrected chi connectivity index (χ0v) is 13.4. The van der Waals surface area contributed by atoms with Crippen LogP contribution in [0.15, 0.2) is 12.1 Å². The highest BCUT2D eigenvalue weighted by Crippen LogP contribution is 2.26. The average Bonchev–Trinajstić information content (AvgIpc) is 2.91. The summed E-state index contributed by atoms with van der Waals surface area (Å²) < 4.78 is 14.5. The lowest BCUT2D eigenvalue weighted by molar-refractivity contribution is 0.102. The summed E-state index contributed by atoms with van der Waals surface area (Å²) in [4.78, 5) is 17.3. The third-order valence-corrected chi connectivity index (χ3v) is 5.11. The Labute approximate surface area is 132 Å². The number of fused-ring (bicyclic) bond motifs is 1. The number of carbonyl (C=O) groups excluding carboxylic acids is 1. The van der Waals surface area contributed by atoms with E-state index in [-0.39, 0.29) is 17.4 Å². The summed E-state index contributed by atoms with van der Waals surface area (Å²) in [6, 6.07) is 3.51. The number of hydrogen-bond acceptors (Lipinski definition) is 4. The Morgan fingerprint density at radius 2 is 2.32 bits per heavy atom. The average molecular weight is 319 g/mol. The summed E-state index contributed by atoms with van der Waals surface area (Å²) in [6.45, 7) is 5.24. The number of aromatic nitrogens is 1. The Bertz CT molecular complexity index is 726. The van der Waals surface area contributed by atoms with Gasteiger partial charge in [0.05, 0.1) is 16.4 Å². The second-order valence-corrected chi connectivity index (χ2v) is 6.40. The smallest absolute Gasteiger partial charge is 0.267 e. The van der Waals surface area contributed by atoms with Gasteiger partial charge in [-0.1, -0.05) is 13.0 Å². The largest absolute Gasteiger partial charge is 0.319 e. The third-order valence-electron chi connectivity index (χ3n) is 3.81. The van der Waals surface area contributed by atoms with Crippen molar-refractivity contribution in [1.82, 2.24) is 10.3 Å². The molecule has 1 aromatic heterocycles. The van der Waals surface area contributed by atoms with Gasteiger partial charge in [0.2, 0.25) is 0 Å². The van der Waals surface area contributed by atoms with E-state index in [9.17, 15) is 9.18 Å². The van der Waals surface area contributed by atoms with Crippen LogP contribution >= 0.6 is 11.3 Å². The van der Waals surface area contributed by atoms with E-state index in [0.717, 1.165) is 23.5 Å². The molecule has 22 heavy (non-hydrogen) atoms. The number of nitrogens with zero attached hydrogens (tertiary/aromatic N) is 1. The molecule has 0 unspecified atom stereocenters. The van der Waals surface area contributed by atoms with Crippen LogP contribution in [-0.2, 0) is 19.4 Å². The number of thiazole rings is 1. The number of anilines is 1. The highest BCUT2D eigenvalue weighted by molar-refractivity contribution is 7.13. The molecule has 2 aromatic rings. The summed E-state index contributed by atoms with van der Waals surface area (Å²) >= 11 is 1.37. The maximum absolute atomic E-state index is 14.5. The minimum Gasteiger partial charge on any atom is -0.319 e. The molecule has 1 aromatic carbocycles. The molecule has 4 nitrogen and oxygen atoms in total. The topological polar surface area (TPSA) is 54.0 Å². The highest BCUT2D eigenvalue weighted by atomic mass is 32.1. The molecule has 6 heteroatoms. The van der Waals surface area contributed by atoms with Gasteiger partial charge in [0.15, 0.2) is 0 Å². The minimum atomic E-state index is -0.315. The number of amides is 1. The molecule has 116 valence electrons. The van der Waals surface area contributed by atoms with Gasteiger partial charge in [-0.05, 0) is 43.5 Å². The fourth-order valence-corrected chi connectivity index (χ4v) is 3.52. The predicted octanol–water partition coefficient (Wildman–Crippen LogP) is 3.05. The van der Waals surface area contributed by atoms with E-state index in [2.05, 4.69) is 15.6 Å². The van der Waals surface area contributed by atoms with Crippen molar-refractivity contribution < 1.29 is 9.18 Å². The zero-order chi connectivity index (χ0) is 15.7. The molecule has 0 atom stereocenters. The summed E-state index contributed by atoms with van der Waals surface area (Å²) in [5, 5.41) is 6.82. The Morgan fingerprint density at radius 3 is 3.05 bits per heavy atom. The number of nitrogens with one attached hydrogen (secondary N) is 2. The summed E-state index contributed by atoms with van der Waals surface area (Å²) in [5.74, 6) is -0.604. The van der Waals surface area contributed by atoms with Crippen LogP contribution in [0.4, 0.5) is 10.1 Å². The minimum absolute atomic E-state index is 0.247. The van der Waals surface area contributed by atoms with Crippen molar-refractivity contribution in [3.8, 4) is 0 Å². The first-order chi connectivity index (χ1) is 10.6. The Balaban J connectivity index is 1.86. The van der Waals surface area contributed by atoms with Crippen molar-refractivity contribution in [2.75, 3.05) is 11.9 Å². The van der Waals surface area contributed by atoms with Crippen LogP contribution in [0.1, 0.15) is 38.4 Å². The normalized spacial score (nSPS) is 13.8. The van der Waals surface area contributed by atoms with E-state index in [1.54, 1.807) is 13.0 Å². The third kappa shape index (κ3) is 2.76. The van der Waals surface area contributed by atoms with Crippen LogP contribution < -0.4 is 10.6 Å². The van der Waals surface area contributed by atoms with Crippen molar-refractivity contribution in [1.29, 1.82) is 0 Å².